The summed E-state index contributed by atoms with van der Waals surface area (Å²) in [5.74, 6) is 0. The molecule has 0 aromatic heterocycles. The first-order valence-corrected chi connectivity index (χ1v) is 7.49. The number of urea groups is 1. The van der Waals surface area contributed by atoms with E-state index in [0.717, 1.165) is 5.69 Å². The predicted octanol–water partition coefficient (Wildman–Crippen LogP) is 4.02. The minimum Gasteiger partial charge on any atom is -0.319 e. The Hall–Kier alpha value is -1.51. The first-order valence-electron chi connectivity index (χ1n) is 7.49. The second-order valence-corrected chi connectivity index (χ2v) is 5.73. The molecule has 0 heterocycles. The van der Waals surface area contributed by atoms with Crippen LogP contribution in [0.15, 0.2) is 30.3 Å². The van der Waals surface area contributed by atoms with Crippen LogP contribution < -0.4 is 5.32 Å². The number of anilines is 1. The summed E-state index contributed by atoms with van der Waals surface area (Å²) in [5, 5.41) is 3.05. The van der Waals surface area contributed by atoms with E-state index in [9.17, 15) is 4.79 Å². The monoisotopic (exact) mass is 258 g/mol. The number of nitrogens with one attached hydrogen (secondary N) is 1. The van der Waals surface area contributed by atoms with E-state index in [4.69, 9.17) is 0 Å². The average Bonchev–Trinajstić information content (AvgIpc) is 3.26. The zero-order valence-corrected chi connectivity index (χ0v) is 11.3. The Morgan fingerprint density at radius 1 is 0.947 bits per heavy atom. The van der Waals surface area contributed by atoms with Gasteiger partial charge in [0.1, 0.15) is 0 Å². The van der Waals surface area contributed by atoms with Crippen molar-refractivity contribution in [3.63, 3.8) is 0 Å². The fraction of sp³-hybridized carbons (Fsp3) is 0.562. The maximum atomic E-state index is 12.5. The molecule has 0 saturated heterocycles. The van der Waals surface area contributed by atoms with Crippen molar-refractivity contribution in [3.8, 4) is 0 Å². The molecule has 2 amide bonds. The Labute approximate surface area is 115 Å². The summed E-state index contributed by atoms with van der Waals surface area (Å²) < 4.78 is 0. The Kier molecular flexibility index (Phi) is 3.72. The number of carbonyl (C=O) groups is 1. The zero-order valence-electron chi connectivity index (χ0n) is 11.3. The van der Waals surface area contributed by atoms with Gasteiger partial charge in [-0.15, -0.1) is 0 Å². The molecule has 2 saturated carbocycles. The largest absolute Gasteiger partial charge is 0.322 e. The van der Waals surface area contributed by atoms with E-state index >= 15 is 0 Å². The molecule has 3 nitrogen and oxygen atoms in total. The van der Waals surface area contributed by atoms with Crippen molar-refractivity contribution in [1.29, 1.82) is 0 Å². The molecule has 3 rings (SSSR count). The van der Waals surface area contributed by atoms with Gasteiger partial charge in [-0.3, -0.25) is 0 Å². The molecule has 2 fully saturated rings. The molecular weight excluding hydrogens is 236 g/mol. The first kappa shape index (κ1) is 12.5. The number of benzene rings is 1. The van der Waals surface area contributed by atoms with E-state index in [-0.39, 0.29) is 6.03 Å². The quantitative estimate of drug-likeness (QED) is 0.872. The maximum absolute atomic E-state index is 12.5. The van der Waals surface area contributed by atoms with Crippen molar-refractivity contribution in [3.05, 3.63) is 30.3 Å². The van der Waals surface area contributed by atoms with Gasteiger partial charge >= 0.3 is 6.03 Å². The molecule has 3 heteroatoms. The SMILES string of the molecule is O=C(Nc1ccccc1)N(C1CCCCC1)C1CC1. The number of carbonyl (C=O) groups excluding carboxylic acids is 1. The topological polar surface area (TPSA) is 32.3 Å². The Balaban J connectivity index is 1.67. The molecular formula is C16H22N2O. The molecule has 2 aliphatic rings. The van der Waals surface area contributed by atoms with Gasteiger partial charge in [-0.05, 0) is 37.8 Å². The zero-order chi connectivity index (χ0) is 13.1. The second kappa shape index (κ2) is 5.64. The van der Waals surface area contributed by atoms with Gasteiger partial charge in [-0.2, -0.15) is 0 Å². The highest BCUT2D eigenvalue weighted by Crippen LogP contribution is 2.34. The predicted molar refractivity (Wildman–Crippen MR) is 77.2 cm³/mol. The van der Waals surface area contributed by atoms with E-state index in [1.165, 1.54) is 44.9 Å². The molecule has 1 aromatic rings. The smallest absolute Gasteiger partial charge is 0.319 e. The van der Waals surface area contributed by atoms with Crippen LogP contribution in [-0.2, 0) is 0 Å². The van der Waals surface area contributed by atoms with Gasteiger partial charge < -0.3 is 10.2 Å². The summed E-state index contributed by atoms with van der Waals surface area (Å²) in [5.41, 5.74) is 0.897. The summed E-state index contributed by atoms with van der Waals surface area (Å²) in [6.45, 7) is 0. The lowest BCUT2D eigenvalue weighted by Gasteiger charge is -2.34. The van der Waals surface area contributed by atoms with Crippen molar-refractivity contribution < 1.29 is 4.79 Å². The number of amides is 2. The van der Waals surface area contributed by atoms with Crippen molar-refractivity contribution in [2.75, 3.05) is 5.32 Å². The molecule has 2 aliphatic carbocycles. The third kappa shape index (κ3) is 3.09. The lowest BCUT2D eigenvalue weighted by atomic mass is 9.94. The summed E-state index contributed by atoms with van der Waals surface area (Å²) in [4.78, 5) is 14.6. The minimum atomic E-state index is 0.0978. The van der Waals surface area contributed by atoms with E-state index < -0.39 is 0 Å². The fourth-order valence-electron chi connectivity index (χ4n) is 3.05. The molecule has 0 spiro atoms. The van der Waals surface area contributed by atoms with Gasteiger partial charge in [0.15, 0.2) is 0 Å². The van der Waals surface area contributed by atoms with Gasteiger partial charge in [0.05, 0.1) is 0 Å². The van der Waals surface area contributed by atoms with Crippen LogP contribution in [0.25, 0.3) is 0 Å². The molecule has 1 N–H and O–H groups in total. The maximum Gasteiger partial charge on any atom is 0.322 e. The summed E-state index contributed by atoms with van der Waals surface area (Å²) in [6.07, 6.45) is 8.59. The van der Waals surface area contributed by atoms with Gasteiger partial charge in [0.25, 0.3) is 0 Å². The Morgan fingerprint density at radius 2 is 1.58 bits per heavy atom. The van der Waals surface area contributed by atoms with Crippen LogP contribution in [0.1, 0.15) is 44.9 Å². The van der Waals surface area contributed by atoms with E-state index in [1.807, 2.05) is 30.3 Å². The molecule has 0 aliphatic heterocycles. The molecule has 102 valence electrons. The third-order valence-corrected chi connectivity index (χ3v) is 4.17. The molecule has 0 atom stereocenters. The molecule has 0 radical (unpaired) electrons. The number of nitrogens with zero attached hydrogens (tertiary/aromatic N) is 1. The van der Waals surface area contributed by atoms with Crippen LogP contribution in [0.2, 0.25) is 0 Å². The lowest BCUT2D eigenvalue weighted by molar-refractivity contribution is 0.162. The summed E-state index contributed by atoms with van der Waals surface area (Å²) >= 11 is 0. The molecule has 0 bridgehead atoms. The van der Waals surface area contributed by atoms with E-state index in [1.54, 1.807) is 0 Å². The minimum absolute atomic E-state index is 0.0978. The number of hydrogen-bond donors (Lipinski definition) is 1. The van der Waals surface area contributed by atoms with Crippen LogP contribution in [0, 0.1) is 0 Å². The van der Waals surface area contributed by atoms with E-state index in [0.29, 0.717) is 12.1 Å². The number of rotatable bonds is 3. The van der Waals surface area contributed by atoms with Crippen molar-refractivity contribution in [2.24, 2.45) is 0 Å². The van der Waals surface area contributed by atoms with Gasteiger partial charge in [0, 0.05) is 17.8 Å². The Morgan fingerprint density at radius 3 is 2.21 bits per heavy atom. The molecule has 19 heavy (non-hydrogen) atoms. The fourth-order valence-corrected chi connectivity index (χ4v) is 3.05. The van der Waals surface area contributed by atoms with Crippen molar-refractivity contribution >= 4 is 11.7 Å². The average molecular weight is 258 g/mol. The van der Waals surface area contributed by atoms with Gasteiger partial charge in [0.2, 0.25) is 0 Å². The highest BCUT2D eigenvalue weighted by Gasteiger charge is 2.37. The van der Waals surface area contributed by atoms with Crippen LogP contribution in [-0.4, -0.2) is 23.0 Å². The Bertz CT molecular complexity index is 422. The van der Waals surface area contributed by atoms with Crippen LogP contribution in [0.3, 0.4) is 0 Å². The van der Waals surface area contributed by atoms with Gasteiger partial charge in [-0.25, -0.2) is 4.79 Å². The number of para-hydroxylation sites is 1. The van der Waals surface area contributed by atoms with Crippen LogP contribution in [0.4, 0.5) is 10.5 Å². The van der Waals surface area contributed by atoms with Crippen molar-refractivity contribution in [2.45, 2.75) is 57.0 Å². The standard InChI is InChI=1S/C16H22N2O/c19-16(17-13-7-3-1-4-8-13)18(15-11-12-15)14-9-5-2-6-10-14/h1,3-4,7-8,14-15H,2,5-6,9-12H2,(H,17,19). The third-order valence-electron chi connectivity index (χ3n) is 4.17. The first-order chi connectivity index (χ1) is 9.34. The second-order valence-electron chi connectivity index (χ2n) is 5.73. The molecule has 1 aromatic carbocycles. The lowest BCUT2D eigenvalue weighted by Crippen LogP contribution is -2.45. The summed E-state index contributed by atoms with van der Waals surface area (Å²) in [6, 6.07) is 10.8. The highest BCUT2D eigenvalue weighted by molar-refractivity contribution is 5.89. The van der Waals surface area contributed by atoms with Crippen molar-refractivity contribution in [1.82, 2.24) is 4.90 Å². The van der Waals surface area contributed by atoms with Crippen LogP contribution >= 0.6 is 0 Å². The molecule has 0 unspecified atom stereocenters. The van der Waals surface area contributed by atoms with E-state index in [2.05, 4.69) is 10.2 Å². The highest BCUT2D eigenvalue weighted by atomic mass is 16.2. The summed E-state index contributed by atoms with van der Waals surface area (Å²) in [7, 11) is 0. The van der Waals surface area contributed by atoms with Crippen LogP contribution in [0.5, 0.6) is 0 Å². The number of hydrogen-bond acceptors (Lipinski definition) is 1. The normalized spacial score (nSPS) is 20.0. The van der Waals surface area contributed by atoms with Gasteiger partial charge in [-0.1, -0.05) is 37.5 Å².